The summed E-state index contributed by atoms with van der Waals surface area (Å²) in [5, 5.41) is 6.12. The van der Waals surface area contributed by atoms with Crippen LogP contribution in [0.25, 0.3) is 0 Å². The number of carbonyl (C=O) groups excluding carboxylic acids is 1. The zero-order chi connectivity index (χ0) is 16.0. The molecule has 0 fully saturated rings. The third-order valence-corrected chi connectivity index (χ3v) is 3.72. The maximum Gasteiger partial charge on any atom is 0.236 e. The van der Waals surface area contributed by atoms with E-state index in [1.807, 2.05) is 6.92 Å². The number of rotatable bonds is 7. The van der Waals surface area contributed by atoms with Crippen LogP contribution in [0, 0.1) is 11.8 Å². The molecule has 0 radical (unpaired) electrons. The number of hydrogen-bond acceptors (Lipinski definition) is 2. The van der Waals surface area contributed by atoms with Gasteiger partial charge in [-0.2, -0.15) is 0 Å². The lowest BCUT2D eigenvalue weighted by atomic mass is 9.93. The standard InChI is InChI=1S/C18H30N2O/c1-12(2)11-15-7-9-16(10-8-15)17(13(3)4)20-14(5)18(21)19-6/h7-10,12-14,17,20H,11H2,1-6H3,(H,19,21)/t14-,17-/m1/s1. The zero-order valence-electron chi connectivity index (χ0n) is 14.2. The number of nitrogens with one attached hydrogen (secondary N) is 2. The Bertz CT molecular complexity index is 437. The molecule has 0 aromatic heterocycles. The van der Waals surface area contributed by atoms with E-state index in [0.717, 1.165) is 6.42 Å². The summed E-state index contributed by atoms with van der Waals surface area (Å²) in [7, 11) is 1.67. The van der Waals surface area contributed by atoms with Gasteiger partial charge < -0.3 is 5.32 Å². The average molecular weight is 290 g/mol. The second-order valence-corrected chi connectivity index (χ2v) is 6.56. The molecule has 1 rings (SSSR count). The summed E-state index contributed by atoms with van der Waals surface area (Å²) >= 11 is 0. The van der Waals surface area contributed by atoms with Crippen LogP contribution in [0.5, 0.6) is 0 Å². The highest BCUT2D eigenvalue weighted by Crippen LogP contribution is 2.23. The van der Waals surface area contributed by atoms with Gasteiger partial charge in [-0.05, 0) is 36.3 Å². The van der Waals surface area contributed by atoms with Crippen molar-refractivity contribution in [2.45, 2.75) is 53.1 Å². The maximum absolute atomic E-state index is 11.7. The van der Waals surface area contributed by atoms with E-state index in [4.69, 9.17) is 0 Å². The third-order valence-electron chi connectivity index (χ3n) is 3.72. The van der Waals surface area contributed by atoms with Gasteiger partial charge in [0.15, 0.2) is 0 Å². The predicted octanol–water partition coefficient (Wildman–Crippen LogP) is 3.31. The molecule has 118 valence electrons. The maximum atomic E-state index is 11.7. The van der Waals surface area contributed by atoms with Crippen molar-refractivity contribution in [1.29, 1.82) is 0 Å². The van der Waals surface area contributed by atoms with E-state index >= 15 is 0 Å². The zero-order valence-corrected chi connectivity index (χ0v) is 14.2. The van der Waals surface area contributed by atoms with Crippen LogP contribution in [0.4, 0.5) is 0 Å². The van der Waals surface area contributed by atoms with Gasteiger partial charge in [-0.15, -0.1) is 0 Å². The Morgan fingerprint density at radius 1 is 1.05 bits per heavy atom. The topological polar surface area (TPSA) is 41.1 Å². The highest BCUT2D eigenvalue weighted by atomic mass is 16.2. The minimum absolute atomic E-state index is 0.0251. The number of benzene rings is 1. The molecule has 2 N–H and O–H groups in total. The van der Waals surface area contributed by atoms with Gasteiger partial charge in [0.2, 0.25) is 5.91 Å². The number of hydrogen-bond donors (Lipinski definition) is 2. The molecule has 0 unspecified atom stereocenters. The molecular weight excluding hydrogens is 260 g/mol. The van der Waals surface area contributed by atoms with Gasteiger partial charge >= 0.3 is 0 Å². The monoisotopic (exact) mass is 290 g/mol. The molecule has 2 atom stereocenters. The molecule has 0 heterocycles. The Kier molecular flexibility index (Phi) is 6.90. The van der Waals surface area contributed by atoms with E-state index in [1.165, 1.54) is 11.1 Å². The van der Waals surface area contributed by atoms with Crippen molar-refractivity contribution in [1.82, 2.24) is 10.6 Å². The number of amides is 1. The Balaban J connectivity index is 2.83. The fourth-order valence-corrected chi connectivity index (χ4v) is 2.57. The van der Waals surface area contributed by atoms with E-state index in [9.17, 15) is 4.79 Å². The van der Waals surface area contributed by atoms with Crippen LogP contribution in [0.2, 0.25) is 0 Å². The second kappa shape index (κ2) is 8.18. The molecule has 21 heavy (non-hydrogen) atoms. The van der Waals surface area contributed by atoms with Crippen LogP contribution in [0.3, 0.4) is 0 Å². The summed E-state index contributed by atoms with van der Waals surface area (Å²) in [6, 6.07) is 8.77. The fraction of sp³-hybridized carbons (Fsp3) is 0.611. The van der Waals surface area contributed by atoms with Gasteiger partial charge in [-0.1, -0.05) is 52.0 Å². The van der Waals surface area contributed by atoms with Crippen LogP contribution < -0.4 is 10.6 Å². The van der Waals surface area contributed by atoms with E-state index < -0.39 is 0 Å². The molecule has 1 amide bonds. The van der Waals surface area contributed by atoms with Crippen LogP contribution in [-0.4, -0.2) is 19.0 Å². The molecule has 0 aliphatic heterocycles. The Morgan fingerprint density at radius 2 is 1.62 bits per heavy atom. The largest absolute Gasteiger partial charge is 0.358 e. The van der Waals surface area contributed by atoms with Crippen molar-refractivity contribution in [2.75, 3.05) is 7.05 Å². The summed E-state index contributed by atoms with van der Waals surface area (Å²) in [5.41, 5.74) is 2.61. The third kappa shape index (κ3) is 5.50. The second-order valence-electron chi connectivity index (χ2n) is 6.56. The van der Waals surface area contributed by atoms with Gasteiger partial charge in [0.05, 0.1) is 6.04 Å². The fourth-order valence-electron chi connectivity index (χ4n) is 2.57. The van der Waals surface area contributed by atoms with Crippen molar-refractivity contribution in [3.63, 3.8) is 0 Å². The molecule has 1 aromatic rings. The van der Waals surface area contributed by atoms with Crippen LogP contribution in [0.1, 0.15) is 51.8 Å². The molecule has 0 spiro atoms. The van der Waals surface area contributed by atoms with E-state index in [1.54, 1.807) is 7.05 Å². The normalized spacial score (nSPS) is 14.3. The quantitative estimate of drug-likeness (QED) is 0.809. The van der Waals surface area contributed by atoms with Crippen molar-refractivity contribution in [2.24, 2.45) is 11.8 Å². The first-order chi connectivity index (χ1) is 9.85. The predicted molar refractivity (Wildman–Crippen MR) is 89.2 cm³/mol. The summed E-state index contributed by atoms with van der Waals surface area (Å²) in [6.07, 6.45) is 1.11. The summed E-state index contributed by atoms with van der Waals surface area (Å²) in [4.78, 5) is 11.7. The summed E-state index contributed by atoms with van der Waals surface area (Å²) < 4.78 is 0. The average Bonchev–Trinajstić information content (AvgIpc) is 2.43. The smallest absolute Gasteiger partial charge is 0.236 e. The van der Waals surface area contributed by atoms with Gasteiger partial charge in [-0.3, -0.25) is 10.1 Å². The Labute approximate surface area is 129 Å². The van der Waals surface area contributed by atoms with Crippen molar-refractivity contribution in [3.8, 4) is 0 Å². The molecule has 0 saturated heterocycles. The van der Waals surface area contributed by atoms with Crippen molar-refractivity contribution >= 4 is 5.91 Å². The van der Waals surface area contributed by atoms with Crippen molar-refractivity contribution in [3.05, 3.63) is 35.4 Å². The van der Waals surface area contributed by atoms with Gasteiger partial charge in [0.1, 0.15) is 0 Å². The lowest BCUT2D eigenvalue weighted by molar-refractivity contribution is -0.122. The number of likely N-dealkylation sites (N-methyl/N-ethyl adjacent to an activating group) is 1. The van der Waals surface area contributed by atoms with E-state index in [0.29, 0.717) is 11.8 Å². The summed E-state index contributed by atoms with van der Waals surface area (Å²) in [5.74, 6) is 1.12. The molecule has 0 aliphatic carbocycles. The molecule has 0 bridgehead atoms. The minimum Gasteiger partial charge on any atom is -0.358 e. The van der Waals surface area contributed by atoms with Crippen molar-refractivity contribution < 1.29 is 4.79 Å². The first-order valence-electron chi connectivity index (χ1n) is 7.91. The highest BCUT2D eigenvalue weighted by molar-refractivity contribution is 5.81. The molecule has 3 heteroatoms. The molecular formula is C18H30N2O. The Morgan fingerprint density at radius 3 is 2.05 bits per heavy atom. The molecule has 3 nitrogen and oxygen atoms in total. The number of carbonyl (C=O) groups is 1. The molecule has 0 aliphatic rings. The van der Waals surface area contributed by atoms with E-state index in [-0.39, 0.29) is 18.0 Å². The van der Waals surface area contributed by atoms with Gasteiger partial charge in [0.25, 0.3) is 0 Å². The lowest BCUT2D eigenvalue weighted by Gasteiger charge is -2.26. The highest BCUT2D eigenvalue weighted by Gasteiger charge is 2.21. The lowest BCUT2D eigenvalue weighted by Crippen LogP contribution is -2.43. The molecule has 1 aromatic carbocycles. The van der Waals surface area contributed by atoms with Gasteiger partial charge in [-0.25, -0.2) is 0 Å². The first-order valence-corrected chi connectivity index (χ1v) is 7.91. The summed E-state index contributed by atoms with van der Waals surface area (Å²) in [6.45, 7) is 10.7. The minimum atomic E-state index is -0.197. The van der Waals surface area contributed by atoms with E-state index in [2.05, 4.69) is 62.6 Å². The Hall–Kier alpha value is -1.35. The van der Waals surface area contributed by atoms with Crippen LogP contribution in [-0.2, 0) is 11.2 Å². The first kappa shape index (κ1) is 17.7. The SMILES string of the molecule is CNC(=O)[C@@H](C)N[C@@H](c1ccc(CC(C)C)cc1)C(C)C. The molecule has 0 saturated carbocycles. The van der Waals surface area contributed by atoms with Gasteiger partial charge in [0, 0.05) is 13.1 Å². The van der Waals surface area contributed by atoms with Crippen LogP contribution in [0.15, 0.2) is 24.3 Å². The van der Waals surface area contributed by atoms with Crippen LogP contribution >= 0.6 is 0 Å².